The van der Waals surface area contributed by atoms with E-state index in [4.69, 9.17) is 4.99 Å². The molecule has 1 aliphatic heterocycles. The molecule has 0 saturated carbocycles. The van der Waals surface area contributed by atoms with E-state index in [0.29, 0.717) is 12.0 Å². The lowest BCUT2D eigenvalue weighted by molar-refractivity contribution is 0.218. The lowest BCUT2D eigenvalue weighted by Crippen LogP contribution is -2.41. The lowest BCUT2D eigenvalue weighted by atomic mass is 10.0. The summed E-state index contributed by atoms with van der Waals surface area (Å²) in [6, 6.07) is 0.569. The summed E-state index contributed by atoms with van der Waals surface area (Å²) in [5, 5.41) is 10.1. The summed E-state index contributed by atoms with van der Waals surface area (Å²) < 4.78 is 0. The van der Waals surface area contributed by atoms with Crippen molar-refractivity contribution in [1.82, 2.24) is 20.5 Å². The van der Waals surface area contributed by atoms with Gasteiger partial charge in [-0.05, 0) is 52.1 Å². The molecular formula is C19H36IN5S. The van der Waals surface area contributed by atoms with Crippen LogP contribution in [0.25, 0.3) is 0 Å². The molecule has 0 spiro atoms. The number of halogens is 1. The Bertz CT molecular complexity index is 526. The Hall–Kier alpha value is -0.410. The second-order valence-corrected chi connectivity index (χ2v) is 8.34. The zero-order valence-electron chi connectivity index (χ0n) is 16.8. The highest BCUT2D eigenvalue weighted by Crippen LogP contribution is 2.18. The van der Waals surface area contributed by atoms with E-state index >= 15 is 0 Å². The summed E-state index contributed by atoms with van der Waals surface area (Å²) in [5.74, 6) is 1.65. The van der Waals surface area contributed by atoms with Gasteiger partial charge in [-0.1, -0.05) is 13.8 Å². The first-order valence-electron chi connectivity index (χ1n) is 9.75. The van der Waals surface area contributed by atoms with Crippen molar-refractivity contribution in [3.8, 4) is 0 Å². The van der Waals surface area contributed by atoms with Crippen LogP contribution in [0.15, 0.2) is 10.4 Å². The number of guanidine groups is 1. The molecule has 0 bridgehead atoms. The van der Waals surface area contributed by atoms with Gasteiger partial charge in [-0.15, -0.1) is 35.3 Å². The smallest absolute Gasteiger partial charge is 0.191 e. The Balaban J connectivity index is 0.00000338. The molecule has 1 atom stereocenters. The van der Waals surface area contributed by atoms with Gasteiger partial charge in [0.15, 0.2) is 5.96 Å². The van der Waals surface area contributed by atoms with Crippen LogP contribution < -0.4 is 10.6 Å². The third-order valence-corrected chi connectivity index (χ3v) is 5.37. The normalized spacial score (nSPS) is 16.6. The highest BCUT2D eigenvalue weighted by atomic mass is 127. The number of aromatic nitrogens is 1. The number of likely N-dealkylation sites (tertiary alicyclic amines) is 1. The van der Waals surface area contributed by atoms with E-state index in [0.717, 1.165) is 37.0 Å². The van der Waals surface area contributed by atoms with Crippen LogP contribution in [-0.2, 0) is 6.42 Å². The molecule has 1 fully saturated rings. The predicted octanol–water partition coefficient (Wildman–Crippen LogP) is 3.68. The molecule has 0 aromatic carbocycles. The maximum Gasteiger partial charge on any atom is 0.191 e. The number of rotatable bonds is 9. The molecule has 0 amide bonds. The second kappa shape index (κ2) is 12.9. The maximum atomic E-state index is 4.88. The first-order valence-corrected chi connectivity index (χ1v) is 10.6. The fraction of sp³-hybridized carbons (Fsp3) is 0.789. The van der Waals surface area contributed by atoms with Crippen molar-refractivity contribution >= 4 is 41.3 Å². The van der Waals surface area contributed by atoms with E-state index in [1.165, 1.54) is 38.0 Å². The van der Waals surface area contributed by atoms with Crippen molar-refractivity contribution in [3.05, 3.63) is 16.1 Å². The number of nitrogens with zero attached hydrogens (tertiary/aromatic N) is 3. The minimum absolute atomic E-state index is 0. The molecule has 1 unspecified atom stereocenters. The van der Waals surface area contributed by atoms with E-state index in [1.54, 1.807) is 11.3 Å². The zero-order valence-corrected chi connectivity index (χ0v) is 19.9. The van der Waals surface area contributed by atoms with Crippen molar-refractivity contribution in [1.29, 1.82) is 0 Å². The van der Waals surface area contributed by atoms with Crippen molar-refractivity contribution in [2.45, 2.75) is 59.4 Å². The fourth-order valence-corrected chi connectivity index (χ4v) is 4.01. The molecule has 7 heteroatoms. The van der Waals surface area contributed by atoms with Gasteiger partial charge >= 0.3 is 0 Å². The summed E-state index contributed by atoms with van der Waals surface area (Å²) in [6.07, 6.45) is 4.84. The summed E-state index contributed by atoms with van der Waals surface area (Å²) in [4.78, 5) is 12.0. The number of thiazole rings is 1. The molecule has 150 valence electrons. The predicted molar refractivity (Wildman–Crippen MR) is 124 cm³/mol. The van der Waals surface area contributed by atoms with Crippen LogP contribution in [0.1, 0.15) is 50.7 Å². The Morgan fingerprint density at radius 2 is 2.04 bits per heavy atom. The van der Waals surface area contributed by atoms with Gasteiger partial charge in [0.05, 0.1) is 17.2 Å². The summed E-state index contributed by atoms with van der Waals surface area (Å²) in [7, 11) is 0. The van der Waals surface area contributed by atoms with Gasteiger partial charge in [-0.25, -0.2) is 4.98 Å². The minimum Gasteiger partial charge on any atom is -0.357 e. The van der Waals surface area contributed by atoms with Crippen molar-refractivity contribution in [2.24, 2.45) is 10.9 Å². The van der Waals surface area contributed by atoms with E-state index in [2.05, 4.69) is 53.6 Å². The van der Waals surface area contributed by atoms with Gasteiger partial charge in [0.2, 0.25) is 0 Å². The number of nitrogens with one attached hydrogen (secondary N) is 2. The van der Waals surface area contributed by atoms with Crippen LogP contribution in [0.2, 0.25) is 0 Å². The minimum atomic E-state index is 0. The van der Waals surface area contributed by atoms with Crippen molar-refractivity contribution < 1.29 is 0 Å². The van der Waals surface area contributed by atoms with Gasteiger partial charge in [0, 0.05) is 30.9 Å². The quantitative estimate of drug-likeness (QED) is 0.313. The summed E-state index contributed by atoms with van der Waals surface area (Å²) in [6.45, 7) is 13.9. The Morgan fingerprint density at radius 3 is 2.62 bits per heavy atom. The zero-order chi connectivity index (χ0) is 18.1. The van der Waals surface area contributed by atoms with Gasteiger partial charge in [-0.2, -0.15) is 0 Å². The number of hydrogen-bond acceptors (Lipinski definition) is 4. The number of aryl methyl sites for hydroxylation is 1. The lowest BCUT2D eigenvalue weighted by Gasteiger charge is -2.28. The highest BCUT2D eigenvalue weighted by Gasteiger charge is 2.22. The molecule has 0 aliphatic carbocycles. The SMILES string of the molecule is CCNC(=NCC(CC(C)C)N1CCCC1)NCCc1csc(C)n1.I. The van der Waals surface area contributed by atoms with Crippen LogP contribution in [0.5, 0.6) is 0 Å². The van der Waals surface area contributed by atoms with Crippen LogP contribution in [0.4, 0.5) is 0 Å². The van der Waals surface area contributed by atoms with E-state index < -0.39 is 0 Å². The second-order valence-electron chi connectivity index (χ2n) is 7.28. The molecule has 1 aromatic rings. The summed E-state index contributed by atoms with van der Waals surface area (Å²) >= 11 is 1.72. The van der Waals surface area contributed by atoms with Gasteiger partial charge in [0.1, 0.15) is 0 Å². The fourth-order valence-electron chi connectivity index (χ4n) is 3.36. The van der Waals surface area contributed by atoms with E-state index in [1.807, 2.05) is 0 Å². The standard InChI is InChI=1S/C19H35N5S.HI/c1-5-20-19(21-9-8-17-14-25-16(4)23-17)22-13-18(12-15(2)3)24-10-6-7-11-24;/h14-15,18H,5-13H2,1-4H3,(H2,20,21,22);1H. The first kappa shape index (κ1) is 23.6. The molecule has 1 aromatic heterocycles. The van der Waals surface area contributed by atoms with Gasteiger partial charge in [0.25, 0.3) is 0 Å². The van der Waals surface area contributed by atoms with Crippen LogP contribution in [0, 0.1) is 12.8 Å². The van der Waals surface area contributed by atoms with E-state index in [-0.39, 0.29) is 24.0 Å². The third-order valence-electron chi connectivity index (χ3n) is 4.55. The van der Waals surface area contributed by atoms with Crippen LogP contribution in [-0.4, -0.2) is 54.6 Å². The molecule has 26 heavy (non-hydrogen) atoms. The molecule has 2 heterocycles. The number of aliphatic imine (C=N–C) groups is 1. The molecule has 1 aliphatic rings. The molecule has 2 rings (SSSR count). The van der Waals surface area contributed by atoms with Crippen molar-refractivity contribution in [3.63, 3.8) is 0 Å². The monoisotopic (exact) mass is 493 g/mol. The molecule has 0 radical (unpaired) electrons. The van der Waals surface area contributed by atoms with Gasteiger partial charge in [-0.3, -0.25) is 9.89 Å². The Morgan fingerprint density at radius 1 is 1.31 bits per heavy atom. The Kier molecular flexibility index (Phi) is 11.7. The maximum absolute atomic E-state index is 4.88. The first-order chi connectivity index (χ1) is 12.1. The van der Waals surface area contributed by atoms with E-state index in [9.17, 15) is 0 Å². The molecule has 1 saturated heterocycles. The highest BCUT2D eigenvalue weighted by molar-refractivity contribution is 14.0. The molecule has 5 nitrogen and oxygen atoms in total. The average molecular weight is 494 g/mol. The Labute approximate surface area is 180 Å². The average Bonchev–Trinajstić information content (AvgIpc) is 3.22. The molecule has 2 N–H and O–H groups in total. The largest absolute Gasteiger partial charge is 0.357 e. The van der Waals surface area contributed by atoms with Crippen molar-refractivity contribution in [2.75, 3.05) is 32.7 Å². The topological polar surface area (TPSA) is 52.6 Å². The van der Waals surface area contributed by atoms with Gasteiger partial charge < -0.3 is 10.6 Å². The third kappa shape index (κ3) is 8.52. The number of hydrogen-bond donors (Lipinski definition) is 2. The molecular weight excluding hydrogens is 457 g/mol. The van der Waals surface area contributed by atoms with Crippen LogP contribution in [0.3, 0.4) is 0 Å². The summed E-state index contributed by atoms with van der Waals surface area (Å²) in [5.41, 5.74) is 1.17. The van der Waals surface area contributed by atoms with Crippen LogP contribution >= 0.6 is 35.3 Å².